The first-order chi connectivity index (χ1) is 12.6. The van der Waals surface area contributed by atoms with Gasteiger partial charge in [-0.25, -0.2) is 9.59 Å². The molecule has 0 saturated carbocycles. The molecule has 0 unspecified atom stereocenters. The summed E-state index contributed by atoms with van der Waals surface area (Å²) in [6.45, 7) is 5.60. The van der Waals surface area contributed by atoms with Crippen LogP contribution in [0.5, 0.6) is 0 Å². The SMILES string of the molecule is COC(=O)C1=C(C(=O)OC)N(c2cc([N+](=O)[O-])ccc2C(C)(C)C)COC1. The molecule has 9 heteroatoms. The molecule has 146 valence electrons. The van der Waals surface area contributed by atoms with Crippen LogP contribution in [0.4, 0.5) is 11.4 Å². The summed E-state index contributed by atoms with van der Waals surface area (Å²) < 4.78 is 15.0. The Kier molecular flexibility index (Phi) is 5.85. The molecule has 0 amide bonds. The number of methoxy groups -OCH3 is 2. The molecule has 27 heavy (non-hydrogen) atoms. The monoisotopic (exact) mass is 378 g/mol. The Morgan fingerprint density at radius 1 is 1.19 bits per heavy atom. The number of hydrogen-bond acceptors (Lipinski definition) is 8. The smallest absolute Gasteiger partial charge is 0.355 e. The fourth-order valence-corrected chi connectivity index (χ4v) is 2.82. The number of benzene rings is 1. The van der Waals surface area contributed by atoms with Crippen molar-refractivity contribution < 1.29 is 28.7 Å². The third-order valence-corrected chi connectivity index (χ3v) is 4.12. The van der Waals surface area contributed by atoms with Crippen molar-refractivity contribution in [1.29, 1.82) is 0 Å². The van der Waals surface area contributed by atoms with Crippen molar-refractivity contribution in [3.8, 4) is 0 Å². The van der Waals surface area contributed by atoms with Gasteiger partial charge >= 0.3 is 11.9 Å². The number of ether oxygens (including phenoxy) is 3. The molecule has 0 fully saturated rings. The molecule has 0 N–H and O–H groups in total. The van der Waals surface area contributed by atoms with Gasteiger partial charge in [0.15, 0.2) is 0 Å². The summed E-state index contributed by atoms with van der Waals surface area (Å²) >= 11 is 0. The van der Waals surface area contributed by atoms with Crippen LogP contribution in [0, 0.1) is 10.1 Å². The summed E-state index contributed by atoms with van der Waals surface area (Å²) in [5.74, 6) is -1.49. The van der Waals surface area contributed by atoms with Crippen molar-refractivity contribution in [2.75, 3.05) is 32.5 Å². The van der Waals surface area contributed by atoms with Gasteiger partial charge in [-0.3, -0.25) is 10.1 Å². The zero-order valence-corrected chi connectivity index (χ0v) is 15.9. The van der Waals surface area contributed by atoms with Crippen LogP contribution in [-0.4, -0.2) is 44.4 Å². The molecule has 2 rings (SSSR count). The van der Waals surface area contributed by atoms with Crippen LogP contribution in [0.3, 0.4) is 0 Å². The molecular formula is C18H22N2O7. The highest BCUT2D eigenvalue weighted by atomic mass is 16.6. The third-order valence-electron chi connectivity index (χ3n) is 4.12. The lowest BCUT2D eigenvalue weighted by molar-refractivity contribution is -0.384. The summed E-state index contributed by atoms with van der Waals surface area (Å²) in [5.41, 5.74) is 0.521. The summed E-state index contributed by atoms with van der Waals surface area (Å²) in [5, 5.41) is 11.3. The number of carbonyl (C=O) groups is 2. The molecule has 1 aromatic rings. The van der Waals surface area contributed by atoms with Crippen molar-refractivity contribution in [2.24, 2.45) is 0 Å². The van der Waals surface area contributed by atoms with Crippen LogP contribution in [0.2, 0.25) is 0 Å². The number of non-ortho nitro benzene ring substituents is 1. The summed E-state index contributed by atoms with van der Waals surface area (Å²) in [7, 11) is 2.38. The average Bonchev–Trinajstić information content (AvgIpc) is 2.64. The Labute approximate surface area is 156 Å². The van der Waals surface area contributed by atoms with Gasteiger partial charge in [0.25, 0.3) is 5.69 Å². The lowest BCUT2D eigenvalue weighted by atomic mass is 9.85. The van der Waals surface area contributed by atoms with E-state index in [0.717, 1.165) is 5.56 Å². The van der Waals surface area contributed by atoms with Crippen molar-refractivity contribution in [3.05, 3.63) is 45.1 Å². The Bertz CT molecular complexity index is 808. The standard InChI is InChI=1S/C18H22N2O7/c1-18(2,3)13-7-6-11(20(23)24)8-14(13)19-10-27-9-12(16(21)25-4)15(19)17(22)26-5/h6-8H,9-10H2,1-5H3. The highest BCUT2D eigenvalue weighted by Crippen LogP contribution is 2.38. The fraction of sp³-hybridized carbons (Fsp3) is 0.444. The van der Waals surface area contributed by atoms with Gasteiger partial charge < -0.3 is 19.1 Å². The molecule has 0 radical (unpaired) electrons. The Morgan fingerprint density at radius 3 is 2.33 bits per heavy atom. The van der Waals surface area contributed by atoms with Crippen LogP contribution in [0.25, 0.3) is 0 Å². The van der Waals surface area contributed by atoms with Crippen molar-refractivity contribution in [3.63, 3.8) is 0 Å². The number of nitro groups is 1. The third kappa shape index (κ3) is 4.08. The fourth-order valence-electron chi connectivity index (χ4n) is 2.82. The highest BCUT2D eigenvalue weighted by Gasteiger charge is 2.35. The van der Waals surface area contributed by atoms with Crippen molar-refractivity contribution in [2.45, 2.75) is 26.2 Å². The van der Waals surface area contributed by atoms with E-state index in [4.69, 9.17) is 14.2 Å². The number of nitrogens with zero attached hydrogens (tertiary/aromatic N) is 2. The molecule has 0 atom stereocenters. The molecule has 9 nitrogen and oxygen atoms in total. The second kappa shape index (κ2) is 7.75. The number of hydrogen-bond donors (Lipinski definition) is 0. The van der Waals surface area contributed by atoms with E-state index >= 15 is 0 Å². The van der Waals surface area contributed by atoms with Crippen molar-refractivity contribution in [1.82, 2.24) is 0 Å². The molecule has 0 aromatic heterocycles. The summed E-state index contributed by atoms with van der Waals surface area (Å²) in [6.07, 6.45) is 0. The van der Waals surface area contributed by atoms with Crippen LogP contribution >= 0.6 is 0 Å². The first-order valence-corrected chi connectivity index (χ1v) is 8.15. The normalized spacial score (nSPS) is 14.8. The van der Waals surface area contributed by atoms with E-state index in [-0.39, 0.29) is 30.3 Å². The average molecular weight is 378 g/mol. The van der Waals surface area contributed by atoms with E-state index in [9.17, 15) is 19.7 Å². The molecule has 1 heterocycles. The Balaban J connectivity index is 2.76. The lowest BCUT2D eigenvalue weighted by Gasteiger charge is -2.35. The largest absolute Gasteiger partial charge is 0.466 e. The van der Waals surface area contributed by atoms with Gasteiger partial charge in [0.05, 0.1) is 37.0 Å². The second-order valence-electron chi connectivity index (χ2n) is 6.92. The van der Waals surface area contributed by atoms with Crippen molar-refractivity contribution >= 4 is 23.3 Å². The van der Waals surface area contributed by atoms with E-state index in [1.165, 1.54) is 31.3 Å². The van der Waals surface area contributed by atoms with Gasteiger partial charge in [0.2, 0.25) is 0 Å². The number of carbonyl (C=O) groups excluding carboxylic acids is 2. The van der Waals surface area contributed by atoms with Gasteiger partial charge in [0, 0.05) is 12.1 Å². The van der Waals surface area contributed by atoms with Gasteiger partial charge in [-0.05, 0) is 17.0 Å². The summed E-state index contributed by atoms with van der Waals surface area (Å²) in [6, 6.07) is 4.39. The quantitative estimate of drug-likeness (QED) is 0.446. The van der Waals surface area contributed by atoms with Crippen LogP contribution in [-0.2, 0) is 29.2 Å². The second-order valence-corrected chi connectivity index (χ2v) is 6.92. The van der Waals surface area contributed by atoms with Gasteiger partial charge in [0.1, 0.15) is 12.4 Å². The first-order valence-electron chi connectivity index (χ1n) is 8.15. The van der Waals surface area contributed by atoms with E-state index < -0.39 is 22.3 Å². The lowest BCUT2D eigenvalue weighted by Crippen LogP contribution is -2.39. The minimum absolute atomic E-state index is 0.0121. The van der Waals surface area contributed by atoms with Crippen LogP contribution in [0.1, 0.15) is 26.3 Å². The van der Waals surface area contributed by atoms with E-state index in [1.807, 2.05) is 20.8 Å². The summed E-state index contributed by atoms with van der Waals surface area (Å²) in [4.78, 5) is 36.7. The maximum atomic E-state index is 12.4. The number of rotatable bonds is 4. The predicted molar refractivity (Wildman–Crippen MR) is 96.2 cm³/mol. The maximum absolute atomic E-state index is 12.4. The maximum Gasteiger partial charge on any atom is 0.355 e. The minimum Gasteiger partial charge on any atom is -0.466 e. The Morgan fingerprint density at radius 2 is 1.81 bits per heavy atom. The van der Waals surface area contributed by atoms with Gasteiger partial charge in [-0.15, -0.1) is 0 Å². The van der Waals surface area contributed by atoms with Crippen LogP contribution in [0.15, 0.2) is 29.5 Å². The van der Waals surface area contributed by atoms with E-state index in [2.05, 4.69) is 0 Å². The highest BCUT2D eigenvalue weighted by molar-refractivity contribution is 6.03. The Hall–Kier alpha value is -2.94. The zero-order valence-electron chi connectivity index (χ0n) is 15.9. The van der Waals surface area contributed by atoms with E-state index in [0.29, 0.717) is 5.69 Å². The minimum atomic E-state index is -0.759. The molecule has 0 aliphatic carbocycles. The first kappa shape index (κ1) is 20.4. The molecule has 1 aromatic carbocycles. The van der Waals surface area contributed by atoms with Crippen LogP contribution < -0.4 is 4.90 Å². The van der Waals surface area contributed by atoms with Gasteiger partial charge in [-0.2, -0.15) is 0 Å². The number of esters is 2. The molecule has 0 bridgehead atoms. The molecule has 1 aliphatic rings. The zero-order chi connectivity index (χ0) is 20.4. The molecule has 0 saturated heterocycles. The topological polar surface area (TPSA) is 108 Å². The molecule has 0 spiro atoms. The molecular weight excluding hydrogens is 356 g/mol. The van der Waals surface area contributed by atoms with Gasteiger partial charge in [-0.1, -0.05) is 20.8 Å². The molecule has 1 aliphatic heterocycles. The van der Waals surface area contributed by atoms with E-state index in [1.54, 1.807) is 6.07 Å². The predicted octanol–water partition coefficient (Wildman–Crippen LogP) is 2.29. The number of nitro benzene ring substituents is 1. The number of anilines is 1.